The van der Waals surface area contributed by atoms with Gasteiger partial charge in [0.2, 0.25) is 5.60 Å². The minimum atomic E-state index is -1.85. The Balaban J connectivity index is 1.25. The average molecular weight is 497 g/mol. The van der Waals surface area contributed by atoms with E-state index in [0.717, 1.165) is 57.5 Å². The van der Waals surface area contributed by atoms with Crippen LogP contribution in [0.5, 0.6) is 0 Å². The quantitative estimate of drug-likeness (QED) is 0.441. The third kappa shape index (κ3) is 6.02. The Hall–Kier alpha value is -3.25. The molecular weight excluding hydrogens is 460 g/mol. The maximum Gasteiger partial charge on any atom is 0.347 e. The number of esters is 1. The minimum Gasteiger partial charge on any atom is -0.463 e. The van der Waals surface area contributed by atoms with Crippen molar-refractivity contribution in [3.8, 4) is 0 Å². The maximum atomic E-state index is 13.5. The van der Waals surface area contributed by atoms with Crippen molar-refractivity contribution in [3.63, 3.8) is 0 Å². The number of benzene rings is 3. The second-order valence-corrected chi connectivity index (χ2v) is 10.1. The smallest absolute Gasteiger partial charge is 0.347 e. The highest BCUT2D eigenvalue weighted by molar-refractivity contribution is 5.85. The molecule has 3 aromatic carbocycles. The Morgan fingerprint density at radius 1 is 0.919 bits per heavy atom. The summed E-state index contributed by atoms with van der Waals surface area (Å²) in [5, 5.41) is 15.2. The van der Waals surface area contributed by atoms with E-state index in [-0.39, 0.29) is 0 Å². The molecule has 0 aromatic heterocycles. The van der Waals surface area contributed by atoms with E-state index in [1.165, 1.54) is 11.1 Å². The molecule has 0 bridgehead atoms. The molecule has 0 aliphatic carbocycles. The van der Waals surface area contributed by atoms with Crippen LogP contribution in [0, 0.1) is 5.92 Å². The summed E-state index contributed by atoms with van der Waals surface area (Å²) >= 11 is 0. The lowest BCUT2D eigenvalue weighted by Crippen LogP contribution is -2.40. The normalized spacial score (nSPS) is 18.6. The van der Waals surface area contributed by atoms with Crippen molar-refractivity contribution in [1.82, 2.24) is 10.2 Å². The molecule has 0 spiro atoms. The number of hydrogen-bond donors (Lipinski definition) is 2. The topological polar surface area (TPSA) is 61.8 Å². The Kier molecular flexibility index (Phi) is 8.15. The molecule has 5 rings (SSSR count). The van der Waals surface area contributed by atoms with Gasteiger partial charge < -0.3 is 15.2 Å². The third-order valence-corrected chi connectivity index (χ3v) is 7.63. The van der Waals surface area contributed by atoms with Gasteiger partial charge in [-0.2, -0.15) is 0 Å². The fraction of sp³-hybridized carbons (Fsp3) is 0.344. The highest BCUT2D eigenvalue weighted by atomic mass is 16.5. The summed E-state index contributed by atoms with van der Waals surface area (Å²) in [4.78, 5) is 16.0. The van der Waals surface area contributed by atoms with Gasteiger partial charge in [0.1, 0.15) is 0 Å². The Morgan fingerprint density at radius 3 is 2.22 bits per heavy atom. The van der Waals surface area contributed by atoms with Crippen molar-refractivity contribution in [2.45, 2.75) is 31.4 Å². The van der Waals surface area contributed by atoms with E-state index in [4.69, 9.17) is 4.74 Å². The SMILES string of the molecule is O=C(OCC1CCN(Cc2ccccc2)CC1)[C@](O)(c1ccccc1)c1ccc(C2=CCNCC2)cc1. The second-order valence-electron chi connectivity index (χ2n) is 10.1. The zero-order valence-corrected chi connectivity index (χ0v) is 21.3. The lowest BCUT2D eigenvalue weighted by atomic mass is 9.85. The molecular formula is C32H36N2O3. The number of carbonyl (C=O) groups is 1. The van der Waals surface area contributed by atoms with Crippen LogP contribution in [0.25, 0.3) is 5.57 Å². The summed E-state index contributed by atoms with van der Waals surface area (Å²) in [6.45, 7) is 5.05. The van der Waals surface area contributed by atoms with Gasteiger partial charge in [-0.15, -0.1) is 0 Å². The molecule has 0 unspecified atom stereocenters. The van der Waals surface area contributed by atoms with Crippen molar-refractivity contribution >= 4 is 11.5 Å². The molecule has 2 aliphatic rings. The first-order chi connectivity index (χ1) is 18.1. The molecule has 1 atom stereocenters. The first-order valence-corrected chi connectivity index (χ1v) is 13.3. The highest BCUT2D eigenvalue weighted by Gasteiger charge is 2.42. The van der Waals surface area contributed by atoms with Crippen molar-refractivity contribution in [1.29, 1.82) is 0 Å². The molecule has 2 aliphatic heterocycles. The molecule has 2 N–H and O–H groups in total. The van der Waals surface area contributed by atoms with Crippen LogP contribution < -0.4 is 5.32 Å². The predicted octanol–water partition coefficient (Wildman–Crippen LogP) is 4.75. The van der Waals surface area contributed by atoms with Gasteiger partial charge in [0, 0.05) is 13.1 Å². The summed E-state index contributed by atoms with van der Waals surface area (Å²) in [6, 6.07) is 27.3. The molecule has 0 amide bonds. The molecule has 192 valence electrons. The Morgan fingerprint density at radius 2 is 1.57 bits per heavy atom. The van der Waals surface area contributed by atoms with Crippen LogP contribution in [0.2, 0.25) is 0 Å². The van der Waals surface area contributed by atoms with Crippen LogP contribution in [0.1, 0.15) is 41.5 Å². The van der Waals surface area contributed by atoms with Crippen LogP contribution in [0.15, 0.2) is 91.0 Å². The van der Waals surface area contributed by atoms with Crippen molar-refractivity contribution < 1.29 is 14.6 Å². The lowest BCUT2D eigenvalue weighted by molar-refractivity contribution is -0.164. The van der Waals surface area contributed by atoms with E-state index >= 15 is 0 Å². The summed E-state index contributed by atoms with van der Waals surface area (Å²) in [5.41, 5.74) is 2.93. The zero-order chi connectivity index (χ0) is 25.5. The van der Waals surface area contributed by atoms with Gasteiger partial charge >= 0.3 is 5.97 Å². The Bertz CT molecular complexity index is 1190. The van der Waals surface area contributed by atoms with E-state index in [1.54, 1.807) is 12.1 Å². The number of carbonyl (C=O) groups excluding carboxylic acids is 1. The molecule has 37 heavy (non-hydrogen) atoms. The summed E-state index contributed by atoms with van der Waals surface area (Å²) < 4.78 is 5.83. The predicted molar refractivity (Wildman–Crippen MR) is 147 cm³/mol. The molecule has 1 saturated heterocycles. The van der Waals surface area contributed by atoms with Crippen molar-refractivity contribution in [2.75, 3.05) is 32.8 Å². The molecule has 1 fully saturated rings. The van der Waals surface area contributed by atoms with Gasteiger partial charge in [-0.1, -0.05) is 91.0 Å². The number of nitrogens with one attached hydrogen (secondary N) is 1. The number of piperidine rings is 1. The van der Waals surface area contributed by atoms with Crippen LogP contribution in [-0.4, -0.2) is 48.8 Å². The van der Waals surface area contributed by atoms with Crippen LogP contribution in [-0.2, 0) is 21.7 Å². The van der Waals surface area contributed by atoms with Crippen molar-refractivity contribution in [2.24, 2.45) is 5.92 Å². The first kappa shape index (κ1) is 25.4. The van der Waals surface area contributed by atoms with Gasteiger partial charge in [-0.25, -0.2) is 4.79 Å². The molecule has 5 heteroatoms. The molecule has 2 heterocycles. The van der Waals surface area contributed by atoms with Crippen LogP contribution >= 0.6 is 0 Å². The standard InChI is InChI=1S/C32H36N2O3/c35-31(37-24-26-17-21-34(22-18-26)23-25-7-3-1-4-8-25)32(36,29-9-5-2-6-10-29)30-13-11-27(12-14-30)28-15-19-33-20-16-28/h1-15,26,33,36H,16-24H2/t32-/m0/s1. The minimum absolute atomic E-state index is 0.297. The molecule has 0 saturated carbocycles. The largest absolute Gasteiger partial charge is 0.463 e. The van der Waals surface area contributed by atoms with E-state index in [2.05, 4.69) is 40.6 Å². The average Bonchev–Trinajstić information content (AvgIpc) is 2.98. The number of nitrogens with zero attached hydrogens (tertiary/aromatic N) is 1. The lowest BCUT2D eigenvalue weighted by Gasteiger charge is -2.33. The van der Waals surface area contributed by atoms with E-state index < -0.39 is 11.6 Å². The van der Waals surface area contributed by atoms with Gasteiger partial charge in [0.15, 0.2) is 0 Å². The number of hydrogen-bond acceptors (Lipinski definition) is 5. The fourth-order valence-electron chi connectivity index (χ4n) is 5.34. The molecule has 5 nitrogen and oxygen atoms in total. The number of aliphatic hydroxyl groups is 1. The van der Waals surface area contributed by atoms with Gasteiger partial charge in [-0.05, 0) is 72.6 Å². The van der Waals surface area contributed by atoms with Crippen LogP contribution in [0.4, 0.5) is 0 Å². The van der Waals surface area contributed by atoms with Crippen LogP contribution in [0.3, 0.4) is 0 Å². The molecule has 0 radical (unpaired) electrons. The highest BCUT2D eigenvalue weighted by Crippen LogP contribution is 2.33. The summed E-state index contributed by atoms with van der Waals surface area (Å²) in [7, 11) is 0. The third-order valence-electron chi connectivity index (χ3n) is 7.63. The van der Waals surface area contributed by atoms with Gasteiger partial charge in [-0.3, -0.25) is 4.90 Å². The monoisotopic (exact) mass is 496 g/mol. The zero-order valence-electron chi connectivity index (χ0n) is 21.3. The Labute approximate surface area is 219 Å². The van der Waals surface area contributed by atoms with Gasteiger partial charge in [0.05, 0.1) is 6.61 Å². The van der Waals surface area contributed by atoms with E-state index in [0.29, 0.717) is 23.7 Å². The van der Waals surface area contributed by atoms with Crippen molar-refractivity contribution in [3.05, 3.63) is 113 Å². The summed E-state index contributed by atoms with van der Waals surface area (Å²) in [6.07, 6.45) is 5.11. The van der Waals surface area contributed by atoms with Gasteiger partial charge in [0.25, 0.3) is 0 Å². The maximum absolute atomic E-state index is 13.5. The number of rotatable bonds is 8. The summed E-state index contributed by atoms with van der Waals surface area (Å²) in [5.74, 6) is -0.315. The van der Waals surface area contributed by atoms with E-state index in [1.807, 2.05) is 48.5 Å². The first-order valence-electron chi connectivity index (χ1n) is 13.3. The fourth-order valence-corrected chi connectivity index (χ4v) is 5.34. The number of ether oxygens (including phenoxy) is 1. The van der Waals surface area contributed by atoms with E-state index in [9.17, 15) is 9.90 Å². The number of likely N-dealkylation sites (tertiary alicyclic amines) is 1. The molecule has 3 aromatic rings. The second kappa shape index (κ2) is 11.9.